The Morgan fingerprint density at radius 1 is 1.32 bits per heavy atom. The van der Waals surface area contributed by atoms with E-state index in [0.29, 0.717) is 0 Å². The summed E-state index contributed by atoms with van der Waals surface area (Å²) < 4.78 is 5.33. The lowest BCUT2D eigenvalue weighted by atomic mass is 9.81. The van der Waals surface area contributed by atoms with E-state index in [1.807, 2.05) is 7.05 Å². The quantitative estimate of drug-likeness (QED) is 0.450. The highest BCUT2D eigenvalue weighted by atomic mass is 16.5. The number of nitrogens with one attached hydrogen (secondary N) is 2. The summed E-state index contributed by atoms with van der Waals surface area (Å²) in [7, 11) is 1.85. The highest BCUT2D eigenvalue weighted by molar-refractivity contribution is 5.79. The molecule has 2 N–H and O–H groups in total. The zero-order valence-corrected chi connectivity index (χ0v) is 14.4. The predicted octanol–water partition coefficient (Wildman–Crippen LogP) is 3.10. The van der Waals surface area contributed by atoms with E-state index < -0.39 is 0 Å². The third-order valence-electron chi connectivity index (χ3n) is 4.91. The van der Waals surface area contributed by atoms with Gasteiger partial charge in [0.1, 0.15) is 0 Å². The van der Waals surface area contributed by atoms with Crippen molar-refractivity contribution < 1.29 is 4.74 Å². The Balaban J connectivity index is 1.57. The highest BCUT2D eigenvalue weighted by Crippen LogP contribution is 2.30. The van der Waals surface area contributed by atoms with Crippen molar-refractivity contribution in [3.63, 3.8) is 0 Å². The molecule has 2 atom stereocenters. The Hall–Kier alpha value is -1.03. The maximum Gasteiger partial charge on any atom is 0.190 e. The maximum atomic E-state index is 5.33. The predicted molar refractivity (Wildman–Crippen MR) is 93.2 cm³/mol. The fourth-order valence-electron chi connectivity index (χ4n) is 3.57. The summed E-state index contributed by atoms with van der Waals surface area (Å²) in [5, 5.41) is 6.88. The molecule has 0 bridgehead atoms. The molecular formula is C18H33N3O. The van der Waals surface area contributed by atoms with E-state index in [-0.39, 0.29) is 0 Å². The van der Waals surface area contributed by atoms with Gasteiger partial charge >= 0.3 is 0 Å². The standard InChI is InChI=1S/C18H33N3O/c1-15-4-3-5-17(14-15)7-11-21-18(19-2)20-10-6-16-8-12-22-13-9-16/h8,15,17H,3-7,9-14H2,1-2H3,(H2,19,20,21). The molecule has 1 saturated carbocycles. The Labute approximate surface area is 135 Å². The molecule has 0 spiro atoms. The lowest BCUT2D eigenvalue weighted by Gasteiger charge is -2.26. The zero-order chi connectivity index (χ0) is 15.6. The van der Waals surface area contributed by atoms with Crippen LogP contribution in [-0.2, 0) is 4.74 Å². The molecule has 2 aliphatic rings. The number of hydrogen-bond donors (Lipinski definition) is 2. The zero-order valence-electron chi connectivity index (χ0n) is 14.4. The van der Waals surface area contributed by atoms with E-state index in [1.54, 1.807) is 0 Å². The first-order valence-corrected chi connectivity index (χ1v) is 8.98. The van der Waals surface area contributed by atoms with E-state index in [0.717, 1.165) is 56.9 Å². The molecule has 126 valence electrons. The summed E-state index contributed by atoms with van der Waals surface area (Å²) in [6, 6.07) is 0. The van der Waals surface area contributed by atoms with Gasteiger partial charge in [-0.15, -0.1) is 0 Å². The highest BCUT2D eigenvalue weighted by Gasteiger charge is 2.18. The van der Waals surface area contributed by atoms with Crippen LogP contribution < -0.4 is 10.6 Å². The maximum absolute atomic E-state index is 5.33. The molecule has 1 aliphatic heterocycles. The molecule has 1 heterocycles. The van der Waals surface area contributed by atoms with Crippen LogP contribution in [0, 0.1) is 11.8 Å². The van der Waals surface area contributed by atoms with Crippen LogP contribution in [-0.4, -0.2) is 39.3 Å². The fourth-order valence-corrected chi connectivity index (χ4v) is 3.57. The molecule has 2 rings (SSSR count). The Kier molecular flexibility index (Phi) is 7.78. The molecule has 0 amide bonds. The van der Waals surface area contributed by atoms with Crippen LogP contribution in [0.15, 0.2) is 16.6 Å². The first-order chi connectivity index (χ1) is 10.8. The van der Waals surface area contributed by atoms with Gasteiger partial charge in [-0.3, -0.25) is 4.99 Å². The largest absolute Gasteiger partial charge is 0.377 e. The Bertz CT molecular complexity index is 379. The minimum Gasteiger partial charge on any atom is -0.377 e. The minimum atomic E-state index is 0.780. The van der Waals surface area contributed by atoms with Crippen LogP contribution in [0.3, 0.4) is 0 Å². The van der Waals surface area contributed by atoms with Gasteiger partial charge in [0.05, 0.1) is 13.2 Å². The molecule has 0 aromatic rings. The summed E-state index contributed by atoms with van der Waals surface area (Å²) in [5.74, 6) is 2.77. The summed E-state index contributed by atoms with van der Waals surface area (Å²) in [6.07, 6.45) is 11.3. The van der Waals surface area contributed by atoms with Crippen molar-refractivity contribution in [3.05, 3.63) is 11.6 Å². The minimum absolute atomic E-state index is 0.780. The number of rotatable bonds is 6. The van der Waals surface area contributed by atoms with Gasteiger partial charge in [-0.05, 0) is 37.5 Å². The summed E-state index contributed by atoms with van der Waals surface area (Å²) >= 11 is 0. The fraction of sp³-hybridized carbons (Fsp3) is 0.833. The number of hydrogen-bond acceptors (Lipinski definition) is 2. The second kappa shape index (κ2) is 9.88. The molecule has 22 heavy (non-hydrogen) atoms. The lowest BCUT2D eigenvalue weighted by Crippen LogP contribution is -2.39. The number of aliphatic imine (C=N–C) groups is 1. The smallest absolute Gasteiger partial charge is 0.190 e. The SMILES string of the molecule is CN=C(NCCC1=CCOCC1)NCCC1CCCC(C)C1. The topological polar surface area (TPSA) is 45.7 Å². The van der Waals surface area contributed by atoms with E-state index in [2.05, 4.69) is 28.6 Å². The van der Waals surface area contributed by atoms with Gasteiger partial charge in [-0.1, -0.05) is 37.8 Å². The molecule has 1 aliphatic carbocycles. The number of nitrogens with zero attached hydrogens (tertiary/aromatic N) is 1. The monoisotopic (exact) mass is 307 g/mol. The first kappa shape index (κ1) is 17.3. The van der Waals surface area contributed by atoms with Crippen molar-refractivity contribution in [2.24, 2.45) is 16.8 Å². The van der Waals surface area contributed by atoms with Crippen molar-refractivity contribution in [2.75, 3.05) is 33.4 Å². The van der Waals surface area contributed by atoms with Crippen LogP contribution in [0.5, 0.6) is 0 Å². The van der Waals surface area contributed by atoms with Crippen molar-refractivity contribution in [2.45, 2.75) is 51.9 Å². The average Bonchev–Trinajstić information content (AvgIpc) is 2.54. The third-order valence-corrected chi connectivity index (χ3v) is 4.91. The molecule has 2 unspecified atom stereocenters. The molecule has 0 radical (unpaired) electrons. The number of guanidine groups is 1. The van der Waals surface area contributed by atoms with Crippen LogP contribution >= 0.6 is 0 Å². The van der Waals surface area contributed by atoms with Crippen LogP contribution in [0.4, 0.5) is 0 Å². The molecule has 1 fully saturated rings. The Morgan fingerprint density at radius 2 is 2.18 bits per heavy atom. The van der Waals surface area contributed by atoms with Gasteiger partial charge in [-0.25, -0.2) is 0 Å². The van der Waals surface area contributed by atoms with Gasteiger partial charge in [0.2, 0.25) is 0 Å². The van der Waals surface area contributed by atoms with Gasteiger partial charge in [0.15, 0.2) is 5.96 Å². The van der Waals surface area contributed by atoms with E-state index in [9.17, 15) is 0 Å². The molecule has 0 aromatic carbocycles. The molecule has 0 saturated heterocycles. The van der Waals surface area contributed by atoms with Gasteiger partial charge in [0, 0.05) is 20.1 Å². The first-order valence-electron chi connectivity index (χ1n) is 8.98. The van der Waals surface area contributed by atoms with E-state index in [4.69, 9.17) is 4.74 Å². The van der Waals surface area contributed by atoms with Crippen LogP contribution in [0.1, 0.15) is 51.9 Å². The molecule has 0 aromatic heterocycles. The van der Waals surface area contributed by atoms with Crippen molar-refractivity contribution in [3.8, 4) is 0 Å². The van der Waals surface area contributed by atoms with Crippen LogP contribution in [0.25, 0.3) is 0 Å². The lowest BCUT2D eigenvalue weighted by molar-refractivity contribution is 0.153. The van der Waals surface area contributed by atoms with Gasteiger partial charge in [0.25, 0.3) is 0 Å². The Morgan fingerprint density at radius 3 is 2.91 bits per heavy atom. The van der Waals surface area contributed by atoms with Crippen molar-refractivity contribution >= 4 is 5.96 Å². The van der Waals surface area contributed by atoms with Crippen molar-refractivity contribution in [1.82, 2.24) is 10.6 Å². The average molecular weight is 307 g/mol. The van der Waals surface area contributed by atoms with E-state index >= 15 is 0 Å². The number of ether oxygens (including phenoxy) is 1. The van der Waals surface area contributed by atoms with Crippen molar-refractivity contribution in [1.29, 1.82) is 0 Å². The van der Waals surface area contributed by atoms with Crippen LogP contribution in [0.2, 0.25) is 0 Å². The second-order valence-electron chi connectivity index (χ2n) is 6.79. The molecule has 4 nitrogen and oxygen atoms in total. The molecular weight excluding hydrogens is 274 g/mol. The summed E-state index contributed by atoms with van der Waals surface area (Å²) in [5.41, 5.74) is 1.50. The van der Waals surface area contributed by atoms with Gasteiger partial charge in [-0.2, -0.15) is 0 Å². The summed E-state index contributed by atoms with van der Waals surface area (Å²) in [6.45, 7) is 6.03. The second-order valence-corrected chi connectivity index (χ2v) is 6.79. The summed E-state index contributed by atoms with van der Waals surface area (Å²) in [4.78, 5) is 4.32. The van der Waals surface area contributed by atoms with E-state index in [1.165, 1.54) is 37.7 Å². The third kappa shape index (κ3) is 6.39. The van der Waals surface area contributed by atoms with Gasteiger partial charge < -0.3 is 15.4 Å². The normalized spacial score (nSPS) is 26.5. The molecule has 4 heteroatoms.